The number of halogens is 4. The molecule has 68 heavy (non-hydrogen) atoms. The summed E-state index contributed by atoms with van der Waals surface area (Å²) in [4.78, 5) is 44.8. The number of piperidine rings is 4. The van der Waals surface area contributed by atoms with Gasteiger partial charge in [-0.05, 0) is 136 Å². The van der Waals surface area contributed by atoms with Crippen molar-refractivity contribution in [1.29, 1.82) is 0 Å². The first kappa shape index (κ1) is 47.8. The number of hydrogen-bond acceptors (Lipinski definition) is 12. The first-order valence-electron chi connectivity index (χ1n) is 23.5. The van der Waals surface area contributed by atoms with Crippen molar-refractivity contribution in [1.82, 2.24) is 25.2 Å². The summed E-state index contributed by atoms with van der Waals surface area (Å²) < 4.78 is 66.4. The minimum absolute atomic E-state index is 0.0591. The number of amides is 2. The lowest BCUT2D eigenvalue weighted by Crippen LogP contribution is -2.52. The number of hydrogen-bond donors (Lipinski definition) is 3. The Morgan fingerprint density at radius 3 is 2.21 bits per heavy atom. The van der Waals surface area contributed by atoms with Crippen molar-refractivity contribution in [3.8, 4) is 5.75 Å². The quantitative estimate of drug-likeness (QED) is 0.0856. The number of likely N-dealkylation sites (tertiary alicyclic amines) is 1. The maximum Gasteiger partial charge on any atom is 0.234 e. The summed E-state index contributed by atoms with van der Waals surface area (Å²) in [7, 11) is -1.29. The zero-order valence-corrected chi connectivity index (χ0v) is 41.6. The number of rotatable bonds is 11. The number of nitrogens with zero attached hydrogens (tertiary/aromatic N) is 6. The van der Waals surface area contributed by atoms with Crippen molar-refractivity contribution in [2.24, 2.45) is 5.41 Å². The van der Waals surface area contributed by atoms with Crippen LogP contribution in [0.5, 0.6) is 5.75 Å². The molecule has 3 N–H and O–H groups in total. The number of benzene rings is 3. The monoisotopic (exact) mass is 1020 g/mol. The standard InChI is InChI=1S/C50H58BrF3N9O4P/c1-6-30-7-8-34-45(56-30)38(54)26-40(46(34)68(4,5)66)57-47-35(51)28-55-49(60-47)58-39-23-29(2)41(27-42(39)67-3)63-21-15-50(16-22-63)13-19-62(20-14-50)31-11-17-61(18-12-31)32-24-36(52)44(37(53)25-32)33-9-10-43(64)59-48(33)65/h7-8,23-28,31,33H,6,9-22H2,1-5H3,(H,59,64,65)(H2,55,57,58,60)/t33-/m1/s1. The highest BCUT2D eigenvalue weighted by Crippen LogP contribution is 2.46. The van der Waals surface area contributed by atoms with Crippen molar-refractivity contribution >= 4 is 85.6 Å². The van der Waals surface area contributed by atoms with E-state index in [0.29, 0.717) is 69.3 Å². The smallest absolute Gasteiger partial charge is 0.234 e. The van der Waals surface area contributed by atoms with Gasteiger partial charge in [0, 0.05) is 90.3 Å². The van der Waals surface area contributed by atoms with E-state index < -0.39 is 42.3 Å². The van der Waals surface area contributed by atoms with Gasteiger partial charge in [0.15, 0.2) is 5.82 Å². The number of aryl methyl sites for hydroxylation is 2. The Morgan fingerprint density at radius 1 is 0.868 bits per heavy atom. The van der Waals surface area contributed by atoms with E-state index in [0.717, 1.165) is 81.6 Å². The molecular formula is C50H58BrF3N9O4P. The molecule has 0 saturated carbocycles. The second kappa shape index (κ2) is 19.3. The molecule has 4 fully saturated rings. The van der Waals surface area contributed by atoms with Crippen LogP contribution < -0.4 is 35.8 Å². The van der Waals surface area contributed by atoms with E-state index >= 15 is 13.2 Å². The number of carbonyl (C=O) groups is 2. The Hall–Kier alpha value is -5.25. The molecular weight excluding hydrogens is 958 g/mol. The van der Waals surface area contributed by atoms with Crippen LogP contribution in [0.25, 0.3) is 10.9 Å². The molecule has 4 aliphatic rings. The van der Waals surface area contributed by atoms with Gasteiger partial charge in [0.25, 0.3) is 0 Å². The summed E-state index contributed by atoms with van der Waals surface area (Å²) in [6.45, 7) is 12.7. The van der Waals surface area contributed by atoms with Gasteiger partial charge >= 0.3 is 0 Å². The summed E-state index contributed by atoms with van der Waals surface area (Å²) in [5.74, 6) is -2.79. The SMILES string of the molecule is CCc1ccc2c(P(C)(C)=O)c(Nc3nc(Nc4cc(C)c(N5CCC6(CC5)CCN(C5CCN(c7cc(F)c([C@H]8CCC(=O)NC8=O)c(F)c7)CC5)CC6)cc4OC)ncc3Br)cc(F)c2n1. The van der Waals surface area contributed by atoms with Crippen LogP contribution in [0.3, 0.4) is 0 Å². The predicted octanol–water partition coefficient (Wildman–Crippen LogP) is 9.69. The molecule has 5 aromatic rings. The Morgan fingerprint density at radius 2 is 1.56 bits per heavy atom. The minimum Gasteiger partial charge on any atom is -0.494 e. The molecule has 6 heterocycles. The minimum atomic E-state index is -2.93. The molecule has 2 amide bonds. The maximum absolute atomic E-state index is 15.6. The fourth-order valence-corrected chi connectivity index (χ4v) is 12.6. The van der Waals surface area contributed by atoms with Gasteiger partial charge in [0.05, 0.1) is 28.9 Å². The van der Waals surface area contributed by atoms with E-state index in [1.165, 1.54) is 18.2 Å². The molecule has 1 atom stereocenters. The van der Waals surface area contributed by atoms with E-state index in [1.54, 1.807) is 32.7 Å². The molecule has 2 aromatic heterocycles. The van der Waals surface area contributed by atoms with Crippen LogP contribution in [0.15, 0.2) is 53.1 Å². The van der Waals surface area contributed by atoms with Gasteiger partial charge in [0.1, 0.15) is 35.9 Å². The number of ether oxygens (including phenoxy) is 1. The molecule has 4 aliphatic heterocycles. The van der Waals surface area contributed by atoms with Crippen molar-refractivity contribution in [3.63, 3.8) is 0 Å². The number of anilines is 6. The number of carbonyl (C=O) groups excluding carboxylic acids is 2. The largest absolute Gasteiger partial charge is 0.494 e. The fourth-order valence-electron chi connectivity index (χ4n) is 10.8. The normalized spacial score (nSPS) is 19.4. The summed E-state index contributed by atoms with van der Waals surface area (Å²) in [5, 5.41) is 9.76. The Bertz CT molecular complexity index is 2800. The van der Waals surface area contributed by atoms with Gasteiger partial charge in [-0.1, -0.05) is 13.0 Å². The van der Waals surface area contributed by atoms with Gasteiger partial charge in [-0.15, -0.1) is 0 Å². The molecule has 0 bridgehead atoms. The molecule has 1 spiro atoms. The summed E-state index contributed by atoms with van der Waals surface area (Å²) in [6, 6.07) is 12.2. The molecule has 0 aliphatic carbocycles. The Kier molecular flexibility index (Phi) is 13.5. The second-order valence-electron chi connectivity index (χ2n) is 19.2. The number of methoxy groups -OCH3 is 1. The average molecular weight is 1020 g/mol. The lowest BCUT2D eigenvalue weighted by atomic mass is 9.70. The summed E-state index contributed by atoms with van der Waals surface area (Å²) in [5.41, 5.74) is 4.69. The summed E-state index contributed by atoms with van der Waals surface area (Å²) in [6.07, 6.45) is 8.69. The number of fused-ring (bicyclic) bond motifs is 1. The van der Waals surface area contributed by atoms with Crippen LogP contribution >= 0.6 is 23.1 Å². The number of nitrogens with one attached hydrogen (secondary N) is 3. The first-order valence-corrected chi connectivity index (χ1v) is 26.9. The average Bonchev–Trinajstić information content (AvgIpc) is 3.31. The predicted molar refractivity (Wildman–Crippen MR) is 266 cm³/mol. The first-order chi connectivity index (χ1) is 32.5. The van der Waals surface area contributed by atoms with Crippen molar-refractivity contribution in [3.05, 3.63) is 87.4 Å². The van der Waals surface area contributed by atoms with E-state index in [1.807, 2.05) is 24.0 Å². The maximum atomic E-state index is 15.6. The second-order valence-corrected chi connectivity index (χ2v) is 23.2. The molecule has 4 saturated heterocycles. The Balaban J connectivity index is 0.806. The van der Waals surface area contributed by atoms with Crippen molar-refractivity contribution in [2.45, 2.75) is 83.6 Å². The van der Waals surface area contributed by atoms with Gasteiger partial charge in [-0.25, -0.2) is 23.1 Å². The number of aromatic nitrogens is 3. The lowest BCUT2D eigenvalue weighted by Gasteiger charge is -2.50. The highest BCUT2D eigenvalue weighted by atomic mass is 79.9. The molecule has 360 valence electrons. The van der Waals surface area contributed by atoms with Gasteiger partial charge in [-0.2, -0.15) is 4.98 Å². The zero-order chi connectivity index (χ0) is 48.1. The molecule has 3 aromatic carbocycles. The third kappa shape index (κ3) is 9.67. The third-order valence-corrected chi connectivity index (χ3v) is 16.8. The van der Waals surface area contributed by atoms with Crippen LogP contribution in [-0.2, 0) is 20.6 Å². The van der Waals surface area contributed by atoms with Gasteiger partial charge in [-0.3, -0.25) is 14.9 Å². The van der Waals surface area contributed by atoms with Crippen molar-refractivity contribution in [2.75, 3.05) is 80.1 Å². The highest BCUT2D eigenvalue weighted by Gasteiger charge is 2.40. The number of pyridine rings is 1. The van der Waals surface area contributed by atoms with Crippen LogP contribution in [0.1, 0.15) is 81.0 Å². The fraction of sp³-hybridized carbons (Fsp3) is 0.460. The molecule has 0 radical (unpaired) electrons. The van der Waals surface area contributed by atoms with Crippen LogP contribution in [-0.4, -0.2) is 97.4 Å². The highest BCUT2D eigenvalue weighted by molar-refractivity contribution is 9.10. The lowest BCUT2D eigenvalue weighted by molar-refractivity contribution is -0.134. The van der Waals surface area contributed by atoms with Gasteiger partial charge < -0.3 is 34.6 Å². The van der Waals surface area contributed by atoms with E-state index in [9.17, 15) is 14.2 Å². The van der Waals surface area contributed by atoms with Gasteiger partial charge in [0.2, 0.25) is 17.8 Å². The van der Waals surface area contributed by atoms with Crippen LogP contribution in [0, 0.1) is 29.8 Å². The van der Waals surface area contributed by atoms with E-state index in [-0.39, 0.29) is 35.3 Å². The van der Waals surface area contributed by atoms with Crippen molar-refractivity contribution < 1.29 is 32.1 Å². The van der Waals surface area contributed by atoms with E-state index in [2.05, 4.69) is 64.6 Å². The topological polar surface area (TPSA) is 145 Å². The summed E-state index contributed by atoms with van der Waals surface area (Å²) >= 11 is 3.54. The van der Waals surface area contributed by atoms with Crippen LogP contribution in [0.2, 0.25) is 0 Å². The molecule has 13 nitrogen and oxygen atoms in total. The number of imide groups is 1. The zero-order valence-electron chi connectivity index (χ0n) is 39.2. The molecule has 18 heteroatoms. The molecule has 9 rings (SSSR count). The molecule has 0 unspecified atom stereocenters. The Labute approximate surface area is 403 Å². The third-order valence-electron chi connectivity index (χ3n) is 14.6. The van der Waals surface area contributed by atoms with E-state index in [4.69, 9.17) is 9.72 Å². The van der Waals surface area contributed by atoms with Crippen LogP contribution in [0.4, 0.5) is 47.7 Å².